The van der Waals surface area contributed by atoms with Crippen molar-refractivity contribution in [2.45, 2.75) is 32.3 Å². The van der Waals surface area contributed by atoms with Gasteiger partial charge in [-0.25, -0.2) is 0 Å². The van der Waals surface area contributed by atoms with Crippen LogP contribution in [0.5, 0.6) is 11.5 Å². The van der Waals surface area contributed by atoms with E-state index >= 15 is 0 Å². The average molecular weight is 439 g/mol. The quantitative estimate of drug-likeness (QED) is 0.210. The lowest BCUT2D eigenvalue weighted by Gasteiger charge is -2.13. The van der Waals surface area contributed by atoms with Crippen LogP contribution in [0, 0.1) is 0 Å². The van der Waals surface area contributed by atoms with Crippen LogP contribution in [0.15, 0.2) is 53.5 Å². The lowest BCUT2D eigenvalue weighted by Crippen LogP contribution is -2.38. The first kappa shape index (κ1) is 23.5. The predicted molar refractivity (Wildman–Crippen MR) is 130 cm³/mol. The van der Waals surface area contributed by atoms with Gasteiger partial charge in [-0.3, -0.25) is 4.99 Å². The average Bonchev–Trinajstić information content (AvgIpc) is 3.23. The van der Waals surface area contributed by atoms with Gasteiger partial charge >= 0.3 is 0 Å². The Morgan fingerprint density at radius 3 is 2.62 bits per heavy atom. The van der Waals surface area contributed by atoms with E-state index in [4.69, 9.17) is 9.47 Å². The molecular weight excluding hydrogens is 404 g/mol. The summed E-state index contributed by atoms with van der Waals surface area (Å²) in [6, 6.07) is 16.0. The maximum Gasteiger partial charge on any atom is 0.191 e. The molecule has 0 amide bonds. The van der Waals surface area contributed by atoms with E-state index in [1.54, 1.807) is 14.2 Å². The highest BCUT2D eigenvalue weighted by Gasteiger charge is 2.09. The minimum absolute atomic E-state index is 0.355. The molecule has 2 aromatic carbocycles. The van der Waals surface area contributed by atoms with Gasteiger partial charge < -0.3 is 30.2 Å². The Morgan fingerprint density at radius 1 is 1.09 bits per heavy atom. The van der Waals surface area contributed by atoms with Gasteiger partial charge in [-0.1, -0.05) is 30.3 Å². The number of aliphatic hydroxyl groups is 1. The number of aliphatic imine (C=N–C) groups is 1. The smallest absolute Gasteiger partial charge is 0.191 e. The minimum atomic E-state index is -0.508. The maximum atomic E-state index is 10.3. The number of aromatic amines is 1. The van der Waals surface area contributed by atoms with Crippen molar-refractivity contribution in [1.29, 1.82) is 0 Å². The number of ether oxygens (including phenoxy) is 2. The number of rotatable bonds is 11. The topological polar surface area (TPSA) is 90.9 Å². The molecule has 3 aromatic rings. The molecule has 1 aromatic heterocycles. The Hall–Kier alpha value is -3.19. The number of aryl methyl sites for hydroxylation is 1. The fourth-order valence-electron chi connectivity index (χ4n) is 3.63. The molecule has 7 heteroatoms. The molecule has 1 heterocycles. The van der Waals surface area contributed by atoms with Crippen LogP contribution in [0.25, 0.3) is 10.9 Å². The number of hydrogen-bond donors (Lipinski definition) is 4. The van der Waals surface area contributed by atoms with Crippen molar-refractivity contribution in [3.63, 3.8) is 0 Å². The van der Waals surface area contributed by atoms with Crippen molar-refractivity contribution in [3.8, 4) is 11.5 Å². The van der Waals surface area contributed by atoms with E-state index in [0.717, 1.165) is 65.6 Å². The second-order valence-corrected chi connectivity index (χ2v) is 7.68. The second-order valence-electron chi connectivity index (χ2n) is 7.68. The largest absolute Gasteiger partial charge is 0.497 e. The van der Waals surface area contributed by atoms with Crippen LogP contribution in [0.4, 0.5) is 0 Å². The number of guanidine groups is 1. The normalized spacial score (nSPS) is 12.6. The zero-order valence-corrected chi connectivity index (χ0v) is 19.1. The van der Waals surface area contributed by atoms with Crippen LogP contribution >= 0.6 is 0 Å². The summed E-state index contributed by atoms with van der Waals surface area (Å²) in [6.07, 6.45) is 1.91. The molecule has 1 unspecified atom stereocenters. The molecule has 172 valence electrons. The van der Waals surface area contributed by atoms with Crippen LogP contribution in [0.1, 0.15) is 24.6 Å². The number of hydrogen-bond acceptors (Lipinski definition) is 4. The highest BCUT2D eigenvalue weighted by molar-refractivity contribution is 5.88. The zero-order valence-electron chi connectivity index (χ0n) is 19.1. The van der Waals surface area contributed by atoms with Gasteiger partial charge in [0, 0.05) is 42.7 Å². The van der Waals surface area contributed by atoms with Gasteiger partial charge in [-0.05, 0) is 31.4 Å². The second kappa shape index (κ2) is 12.0. The molecule has 0 saturated carbocycles. The Kier molecular flexibility index (Phi) is 8.80. The monoisotopic (exact) mass is 438 g/mol. The third-order valence-electron chi connectivity index (χ3n) is 5.22. The molecule has 0 fully saturated rings. The molecular formula is C25H34N4O3. The number of aliphatic hydroxyl groups excluding tert-OH is 1. The van der Waals surface area contributed by atoms with Gasteiger partial charge in [0.15, 0.2) is 5.96 Å². The Labute approximate surface area is 189 Å². The number of nitrogens with zero attached hydrogens (tertiary/aromatic N) is 1. The molecule has 3 rings (SSSR count). The molecule has 0 aliphatic carbocycles. The molecule has 0 radical (unpaired) electrons. The van der Waals surface area contributed by atoms with Crippen LogP contribution in [0.3, 0.4) is 0 Å². The summed E-state index contributed by atoms with van der Waals surface area (Å²) in [5.41, 5.74) is 3.26. The first-order valence-corrected chi connectivity index (χ1v) is 11.1. The Bertz CT molecular complexity index is 1000. The van der Waals surface area contributed by atoms with Gasteiger partial charge in [0.1, 0.15) is 11.5 Å². The molecule has 0 aliphatic heterocycles. The number of H-pyrrole nitrogens is 1. The SMILES string of the molecule is CCNC(=NCC(O)Cc1ccccc1)NCCCc1cc2c(OC)cc(OC)cc2[nH]1. The lowest BCUT2D eigenvalue weighted by molar-refractivity contribution is 0.183. The third-order valence-corrected chi connectivity index (χ3v) is 5.22. The van der Waals surface area contributed by atoms with Gasteiger partial charge in [0.25, 0.3) is 0 Å². The number of nitrogens with one attached hydrogen (secondary N) is 3. The molecule has 32 heavy (non-hydrogen) atoms. The van der Waals surface area contributed by atoms with Gasteiger partial charge in [-0.2, -0.15) is 0 Å². The summed E-state index contributed by atoms with van der Waals surface area (Å²) in [7, 11) is 3.32. The van der Waals surface area contributed by atoms with E-state index in [2.05, 4.69) is 26.7 Å². The maximum absolute atomic E-state index is 10.3. The first-order valence-electron chi connectivity index (χ1n) is 11.1. The Balaban J connectivity index is 1.50. The summed E-state index contributed by atoms with van der Waals surface area (Å²) in [5, 5.41) is 18.0. The van der Waals surface area contributed by atoms with Crippen molar-refractivity contribution in [2.75, 3.05) is 33.9 Å². The molecule has 0 bridgehead atoms. The fraction of sp³-hybridized carbons (Fsp3) is 0.400. The van der Waals surface area contributed by atoms with E-state index in [0.29, 0.717) is 13.0 Å². The van der Waals surface area contributed by atoms with Gasteiger partial charge in [-0.15, -0.1) is 0 Å². The highest BCUT2D eigenvalue weighted by Crippen LogP contribution is 2.31. The van der Waals surface area contributed by atoms with Crippen LogP contribution < -0.4 is 20.1 Å². The molecule has 0 aliphatic rings. The van der Waals surface area contributed by atoms with Crippen LogP contribution in [0.2, 0.25) is 0 Å². The summed E-state index contributed by atoms with van der Waals surface area (Å²) < 4.78 is 10.8. The highest BCUT2D eigenvalue weighted by atomic mass is 16.5. The van der Waals surface area contributed by atoms with E-state index in [1.165, 1.54) is 0 Å². The fourth-order valence-corrected chi connectivity index (χ4v) is 3.63. The summed E-state index contributed by atoms with van der Waals surface area (Å²) >= 11 is 0. The van der Waals surface area contributed by atoms with Crippen molar-refractivity contribution in [3.05, 3.63) is 59.8 Å². The molecule has 7 nitrogen and oxygen atoms in total. The molecule has 4 N–H and O–H groups in total. The van der Waals surface area contributed by atoms with Gasteiger partial charge in [0.2, 0.25) is 0 Å². The van der Waals surface area contributed by atoms with Crippen molar-refractivity contribution < 1.29 is 14.6 Å². The van der Waals surface area contributed by atoms with E-state index in [-0.39, 0.29) is 0 Å². The van der Waals surface area contributed by atoms with Crippen molar-refractivity contribution >= 4 is 16.9 Å². The first-order chi connectivity index (χ1) is 15.6. The summed E-state index contributed by atoms with van der Waals surface area (Å²) in [6.45, 7) is 3.93. The number of fused-ring (bicyclic) bond motifs is 1. The summed E-state index contributed by atoms with van der Waals surface area (Å²) in [4.78, 5) is 7.99. The molecule has 1 atom stereocenters. The number of aromatic nitrogens is 1. The number of benzene rings is 2. The van der Waals surface area contributed by atoms with Crippen molar-refractivity contribution in [2.24, 2.45) is 4.99 Å². The lowest BCUT2D eigenvalue weighted by atomic mass is 10.1. The van der Waals surface area contributed by atoms with Gasteiger partial charge in [0.05, 0.1) is 32.4 Å². The minimum Gasteiger partial charge on any atom is -0.497 e. The predicted octanol–water partition coefficient (Wildman–Crippen LogP) is 3.28. The molecule has 0 saturated heterocycles. The van der Waals surface area contributed by atoms with E-state index < -0.39 is 6.10 Å². The standard InChI is InChI=1S/C25H34N4O3/c1-4-26-25(28-17-20(30)13-18-9-6-5-7-10-18)27-12-8-11-19-14-22-23(29-19)15-21(31-2)16-24(22)32-3/h5-7,9-10,14-16,20,29-30H,4,8,11-13,17H2,1-3H3,(H2,26,27,28). The zero-order chi connectivity index (χ0) is 22.8. The van der Waals surface area contributed by atoms with Crippen molar-refractivity contribution in [1.82, 2.24) is 15.6 Å². The summed E-state index contributed by atoms with van der Waals surface area (Å²) in [5.74, 6) is 2.30. The van der Waals surface area contributed by atoms with E-state index in [9.17, 15) is 5.11 Å². The van der Waals surface area contributed by atoms with Crippen LogP contribution in [-0.4, -0.2) is 56.0 Å². The van der Waals surface area contributed by atoms with E-state index in [1.807, 2.05) is 49.4 Å². The number of methoxy groups -OCH3 is 2. The van der Waals surface area contributed by atoms with Crippen LogP contribution in [-0.2, 0) is 12.8 Å². The molecule has 0 spiro atoms. The third kappa shape index (κ3) is 6.65. The Morgan fingerprint density at radius 2 is 1.91 bits per heavy atom.